The van der Waals surface area contributed by atoms with Crippen LogP contribution in [0.2, 0.25) is 0 Å². The first-order valence-electron chi connectivity index (χ1n) is 7.14. The molecule has 0 saturated heterocycles. The van der Waals surface area contributed by atoms with Crippen LogP contribution in [0.25, 0.3) is 0 Å². The van der Waals surface area contributed by atoms with Gasteiger partial charge in [0.1, 0.15) is 5.75 Å². The molecule has 0 heterocycles. The van der Waals surface area contributed by atoms with E-state index in [-0.39, 0.29) is 23.7 Å². The maximum absolute atomic E-state index is 11.9. The van der Waals surface area contributed by atoms with Gasteiger partial charge in [0.15, 0.2) is 9.84 Å². The van der Waals surface area contributed by atoms with Gasteiger partial charge in [0.05, 0.1) is 11.3 Å². The number of carbonyl (C=O) groups excluding carboxylic acids is 1. The van der Waals surface area contributed by atoms with Crippen LogP contribution in [0.15, 0.2) is 0 Å². The van der Waals surface area contributed by atoms with Crippen molar-refractivity contribution in [1.29, 1.82) is 0 Å². The third-order valence-corrected chi connectivity index (χ3v) is 5.38. The molecule has 0 aromatic carbocycles. The minimum atomic E-state index is -3.28. The van der Waals surface area contributed by atoms with E-state index in [0.717, 1.165) is 38.5 Å². The topological polar surface area (TPSA) is 89.3 Å². The zero-order valence-electron chi connectivity index (χ0n) is 12.2. The van der Waals surface area contributed by atoms with Crippen molar-refractivity contribution in [3.05, 3.63) is 0 Å². The van der Waals surface area contributed by atoms with Crippen LogP contribution in [-0.4, -0.2) is 37.9 Å². The summed E-state index contributed by atoms with van der Waals surface area (Å²) in [5.74, 6) is -0.702. The summed E-state index contributed by atoms with van der Waals surface area (Å²) < 4.78 is 23.6. The molecule has 1 amide bonds. The Kier molecular flexibility index (Phi) is 8.70. The molecule has 0 atom stereocenters. The Morgan fingerprint density at radius 1 is 1.25 bits per heavy atom. The number of sulfone groups is 1. The molecule has 1 aliphatic rings. The van der Waals surface area contributed by atoms with Crippen LogP contribution < -0.4 is 11.1 Å². The number of nitrogens with one attached hydrogen (secondary N) is 1. The molecule has 5 nitrogen and oxygen atoms in total. The summed E-state index contributed by atoms with van der Waals surface area (Å²) >= 11 is 0. The first kappa shape index (κ1) is 19.7. The van der Waals surface area contributed by atoms with E-state index in [0.29, 0.717) is 13.0 Å². The number of nitrogens with two attached hydrogens (primary N) is 1. The molecule has 0 spiro atoms. The van der Waals surface area contributed by atoms with Gasteiger partial charge in [-0.25, -0.2) is 8.42 Å². The average Bonchev–Trinajstić information content (AvgIpc) is 2.77. The van der Waals surface area contributed by atoms with Crippen molar-refractivity contribution in [1.82, 2.24) is 5.32 Å². The fourth-order valence-electron chi connectivity index (χ4n) is 2.61. The van der Waals surface area contributed by atoms with E-state index in [9.17, 15) is 13.2 Å². The van der Waals surface area contributed by atoms with Crippen LogP contribution in [0, 0.1) is 0 Å². The Morgan fingerprint density at radius 2 is 1.85 bits per heavy atom. The van der Waals surface area contributed by atoms with E-state index < -0.39 is 21.5 Å². The highest BCUT2D eigenvalue weighted by atomic mass is 35.5. The fraction of sp³-hybridized carbons (Fsp3) is 0.923. The summed E-state index contributed by atoms with van der Waals surface area (Å²) in [6.07, 6.45) is 6.28. The maximum Gasteiger partial charge on any atom is 0.235 e. The molecule has 1 aliphatic carbocycles. The lowest BCUT2D eigenvalue weighted by Crippen LogP contribution is -2.53. The van der Waals surface area contributed by atoms with Gasteiger partial charge < -0.3 is 11.1 Å². The lowest BCUT2D eigenvalue weighted by molar-refractivity contribution is -0.120. The van der Waals surface area contributed by atoms with Crippen molar-refractivity contribution in [2.75, 3.05) is 18.1 Å². The van der Waals surface area contributed by atoms with E-state index in [2.05, 4.69) is 5.32 Å². The normalized spacial score (nSPS) is 17.5. The Bertz CT molecular complexity index is 392. The molecule has 0 aromatic heterocycles. The van der Waals surface area contributed by atoms with E-state index in [4.69, 9.17) is 5.73 Å². The number of carbonyl (C=O) groups is 1. The average molecular weight is 327 g/mol. The third kappa shape index (κ3) is 6.41. The van der Waals surface area contributed by atoms with Gasteiger partial charge >= 0.3 is 0 Å². The van der Waals surface area contributed by atoms with Crippen LogP contribution in [0.5, 0.6) is 0 Å². The number of hydrogen-bond acceptors (Lipinski definition) is 4. The molecular weight excluding hydrogens is 300 g/mol. The predicted octanol–water partition coefficient (Wildman–Crippen LogP) is 1.40. The summed E-state index contributed by atoms with van der Waals surface area (Å²) in [4.78, 5) is 11.9. The lowest BCUT2D eigenvalue weighted by atomic mass is 9.98. The standard InChI is InChI=1S/C13H26N2O3S.ClH/c1-2-3-6-9-19(17,18)10-12(16)15-13(11-14)7-4-5-8-13;/h2-11,14H2,1H3,(H,15,16);1H. The zero-order chi connectivity index (χ0) is 14.4. The van der Waals surface area contributed by atoms with Gasteiger partial charge in [-0.05, 0) is 19.3 Å². The second-order valence-corrected chi connectivity index (χ2v) is 7.72. The number of amides is 1. The zero-order valence-corrected chi connectivity index (χ0v) is 13.8. The van der Waals surface area contributed by atoms with Gasteiger partial charge in [0, 0.05) is 6.54 Å². The van der Waals surface area contributed by atoms with Crippen molar-refractivity contribution in [2.45, 2.75) is 57.4 Å². The second kappa shape index (κ2) is 8.85. The smallest absolute Gasteiger partial charge is 0.235 e. The molecule has 3 N–H and O–H groups in total. The van der Waals surface area contributed by atoms with Gasteiger partial charge in [-0.3, -0.25) is 4.79 Å². The van der Waals surface area contributed by atoms with Crippen molar-refractivity contribution in [3.8, 4) is 0 Å². The highest BCUT2D eigenvalue weighted by Gasteiger charge is 2.34. The molecule has 0 radical (unpaired) electrons. The van der Waals surface area contributed by atoms with E-state index >= 15 is 0 Å². The highest BCUT2D eigenvalue weighted by Crippen LogP contribution is 2.28. The summed E-state index contributed by atoms with van der Waals surface area (Å²) in [5, 5.41) is 2.85. The third-order valence-electron chi connectivity index (χ3n) is 3.77. The number of halogens is 1. The molecule has 0 aliphatic heterocycles. The molecule has 1 rings (SSSR count). The molecule has 1 saturated carbocycles. The summed E-state index contributed by atoms with van der Waals surface area (Å²) in [5.41, 5.74) is 5.35. The van der Waals surface area contributed by atoms with Gasteiger partial charge in [0.2, 0.25) is 5.91 Å². The minimum Gasteiger partial charge on any atom is -0.349 e. The molecule has 0 aromatic rings. The molecule has 1 fully saturated rings. The molecule has 120 valence electrons. The van der Waals surface area contributed by atoms with Crippen LogP contribution in [0.3, 0.4) is 0 Å². The second-order valence-electron chi connectivity index (χ2n) is 5.54. The maximum atomic E-state index is 11.9. The summed E-state index contributed by atoms with van der Waals surface area (Å²) in [7, 11) is -3.28. The van der Waals surface area contributed by atoms with Crippen molar-refractivity contribution in [3.63, 3.8) is 0 Å². The SMILES string of the molecule is CCCCCS(=O)(=O)CC(=O)NC1(CN)CCCC1.Cl. The molecule has 0 unspecified atom stereocenters. The Labute approximate surface area is 128 Å². The van der Waals surface area contributed by atoms with Crippen molar-refractivity contribution >= 4 is 28.2 Å². The summed E-state index contributed by atoms with van der Waals surface area (Å²) in [6, 6.07) is 0. The van der Waals surface area contributed by atoms with Gasteiger partial charge in [0.25, 0.3) is 0 Å². The number of rotatable bonds is 8. The summed E-state index contributed by atoms with van der Waals surface area (Å²) in [6.45, 7) is 2.40. The van der Waals surface area contributed by atoms with Gasteiger partial charge in [-0.2, -0.15) is 0 Å². The Hall–Kier alpha value is -0.330. The molecular formula is C13H27ClN2O3S. The van der Waals surface area contributed by atoms with Gasteiger partial charge in [-0.15, -0.1) is 12.4 Å². The largest absolute Gasteiger partial charge is 0.349 e. The van der Waals surface area contributed by atoms with Crippen LogP contribution >= 0.6 is 12.4 Å². The first-order valence-corrected chi connectivity index (χ1v) is 8.97. The van der Waals surface area contributed by atoms with Crippen LogP contribution in [-0.2, 0) is 14.6 Å². The van der Waals surface area contributed by atoms with Crippen LogP contribution in [0.4, 0.5) is 0 Å². The monoisotopic (exact) mass is 326 g/mol. The van der Waals surface area contributed by atoms with Gasteiger partial charge in [-0.1, -0.05) is 32.6 Å². The van der Waals surface area contributed by atoms with E-state index in [1.54, 1.807) is 0 Å². The number of hydrogen-bond donors (Lipinski definition) is 2. The highest BCUT2D eigenvalue weighted by molar-refractivity contribution is 7.92. The molecule has 0 bridgehead atoms. The van der Waals surface area contributed by atoms with Crippen molar-refractivity contribution < 1.29 is 13.2 Å². The predicted molar refractivity (Wildman–Crippen MR) is 83.8 cm³/mol. The Balaban J connectivity index is 0.00000361. The Morgan fingerprint density at radius 3 is 2.35 bits per heavy atom. The van der Waals surface area contributed by atoms with E-state index in [1.807, 2.05) is 6.92 Å². The minimum absolute atomic E-state index is 0. The van der Waals surface area contributed by atoms with Crippen LogP contribution in [0.1, 0.15) is 51.9 Å². The van der Waals surface area contributed by atoms with Crippen molar-refractivity contribution in [2.24, 2.45) is 5.73 Å². The molecule has 20 heavy (non-hydrogen) atoms. The van der Waals surface area contributed by atoms with E-state index in [1.165, 1.54) is 0 Å². The molecule has 7 heteroatoms. The quantitative estimate of drug-likeness (QED) is 0.660. The first-order chi connectivity index (χ1) is 8.93. The lowest BCUT2D eigenvalue weighted by Gasteiger charge is -2.28. The fourth-order valence-corrected chi connectivity index (χ4v) is 3.87. The number of unbranched alkanes of at least 4 members (excludes halogenated alkanes) is 2.